The van der Waals surface area contributed by atoms with E-state index in [1.807, 2.05) is 6.92 Å². The number of likely N-dealkylation sites (tertiary alicyclic amines) is 1. The number of amides is 1. The summed E-state index contributed by atoms with van der Waals surface area (Å²) in [6, 6.07) is 4.70. The Hall–Kier alpha value is -1.64. The Labute approximate surface area is 169 Å². The van der Waals surface area contributed by atoms with Crippen LogP contribution in [0.1, 0.15) is 50.9 Å². The van der Waals surface area contributed by atoms with Gasteiger partial charge in [0.25, 0.3) is 5.91 Å². The van der Waals surface area contributed by atoms with E-state index >= 15 is 0 Å². The van der Waals surface area contributed by atoms with Crippen LogP contribution in [0.4, 0.5) is 5.69 Å². The lowest BCUT2D eigenvalue weighted by Crippen LogP contribution is -2.40. The van der Waals surface area contributed by atoms with Crippen LogP contribution in [0.2, 0.25) is 0 Å². The summed E-state index contributed by atoms with van der Waals surface area (Å²) in [5.74, 6) is 0.172. The summed E-state index contributed by atoms with van der Waals surface area (Å²) in [5, 5.41) is 6.09. The summed E-state index contributed by atoms with van der Waals surface area (Å²) in [7, 11) is -1.64. The van der Waals surface area contributed by atoms with E-state index in [-0.39, 0.29) is 10.8 Å². The molecular formula is C20H34N4O3S. The van der Waals surface area contributed by atoms with Crippen molar-refractivity contribution < 1.29 is 13.2 Å². The first-order chi connectivity index (χ1) is 13.0. The average molecular weight is 411 g/mol. The number of benzene rings is 1. The molecule has 1 amide bonds. The van der Waals surface area contributed by atoms with Gasteiger partial charge in [-0.3, -0.25) is 4.79 Å². The Balaban J connectivity index is 2.20. The highest BCUT2D eigenvalue weighted by Gasteiger charge is 2.24. The minimum atomic E-state index is -3.73. The SMILES string of the molecule is CCNc1cc(C(=O)NCC2CCCN(C)C2)cc(S(=O)(=O)NC(C)(C)C)c1. The monoisotopic (exact) mass is 410 g/mol. The molecule has 0 aliphatic carbocycles. The molecule has 28 heavy (non-hydrogen) atoms. The predicted octanol–water partition coefficient (Wildman–Crippen LogP) is 2.27. The summed E-state index contributed by atoms with van der Waals surface area (Å²) in [5.41, 5.74) is 0.348. The maximum absolute atomic E-state index is 12.7. The van der Waals surface area contributed by atoms with Gasteiger partial charge in [-0.15, -0.1) is 0 Å². The van der Waals surface area contributed by atoms with Crippen LogP contribution in [-0.2, 0) is 10.0 Å². The van der Waals surface area contributed by atoms with Gasteiger partial charge in [0, 0.05) is 36.4 Å². The lowest BCUT2D eigenvalue weighted by molar-refractivity contribution is 0.0936. The quantitative estimate of drug-likeness (QED) is 0.641. The molecule has 1 aliphatic rings. The Kier molecular flexibility index (Phi) is 7.47. The molecule has 1 aromatic carbocycles. The van der Waals surface area contributed by atoms with Gasteiger partial charge in [0.1, 0.15) is 0 Å². The molecule has 1 aromatic rings. The molecule has 1 atom stereocenters. The Morgan fingerprint density at radius 1 is 1.25 bits per heavy atom. The molecule has 1 unspecified atom stereocenters. The standard InChI is InChI=1S/C20H34N4O3S/c1-6-21-17-10-16(11-18(12-17)28(26,27)23-20(2,3)4)19(25)22-13-15-8-7-9-24(5)14-15/h10-12,15,21,23H,6-9,13-14H2,1-5H3,(H,22,25). The van der Waals surface area contributed by atoms with Gasteiger partial charge in [0.05, 0.1) is 4.90 Å². The summed E-state index contributed by atoms with van der Waals surface area (Å²) in [4.78, 5) is 15.1. The van der Waals surface area contributed by atoms with E-state index in [1.165, 1.54) is 6.07 Å². The van der Waals surface area contributed by atoms with E-state index in [2.05, 4.69) is 27.3 Å². The van der Waals surface area contributed by atoms with Gasteiger partial charge < -0.3 is 15.5 Å². The van der Waals surface area contributed by atoms with Crippen LogP contribution in [0.25, 0.3) is 0 Å². The highest BCUT2D eigenvalue weighted by molar-refractivity contribution is 7.89. The molecule has 0 radical (unpaired) electrons. The van der Waals surface area contributed by atoms with Crippen molar-refractivity contribution in [2.24, 2.45) is 5.92 Å². The first-order valence-electron chi connectivity index (χ1n) is 9.90. The van der Waals surface area contributed by atoms with E-state index < -0.39 is 15.6 Å². The van der Waals surface area contributed by atoms with Gasteiger partial charge in [-0.05, 0) is 78.2 Å². The zero-order chi connectivity index (χ0) is 20.9. The number of hydrogen-bond donors (Lipinski definition) is 3. The predicted molar refractivity (Wildman–Crippen MR) is 113 cm³/mol. The Morgan fingerprint density at radius 3 is 2.57 bits per heavy atom. The number of carbonyl (C=O) groups excluding carboxylic acids is 1. The van der Waals surface area contributed by atoms with Crippen molar-refractivity contribution in [3.63, 3.8) is 0 Å². The lowest BCUT2D eigenvalue weighted by Gasteiger charge is -2.29. The fraction of sp³-hybridized carbons (Fsp3) is 0.650. The lowest BCUT2D eigenvalue weighted by atomic mass is 9.98. The fourth-order valence-electron chi connectivity index (χ4n) is 3.43. The topological polar surface area (TPSA) is 90.5 Å². The van der Waals surface area contributed by atoms with Gasteiger partial charge in [-0.1, -0.05) is 0 Å². The van der Waals surface area contributed by atoms with E-state index in [4.69, 9.17) is 0 Å². The largest absolute Gasteiger partial charge is 0.385 e. The molecule has 0 aromatic heterocycles. The second-order valence-corrected chi connectivity index (χ2v) is 10.3. The van der Waals surface area contributed by atoms with Crippen molar-refractivity contribution in [2.75, 3.05) is 38.5 Å². The van der Waals surface area contributed by atoms with Crippen LogP contribution in [0.15, 0.2) is 23.1 Å². The second-order valence-electron chi connectivity index (χ2n) is 8.61. The van der Waals surface area contributed by atoms with Crippen LogP contribution in [0.3, 0.4) is 0 Å². The van der Waals surface area contributed by atoms with E-state index in [1.54, 1.807) is 32.9 Å². The maximum atomic E-state index is 12.7. The van der Waals surface area contributed by atoms with E-state index in [0.717, 1.165) is 25.9 Å². The second kappa shape index (κ2) is 9.24. The van der Waals surface area contributed by atoms with Crippen molar-refractivity contribution in [2.45, 2.75) is 51.0 Å². The van der Waals surface area contributed by atoms with Crippen LogP contribution >= 0.6 is 0 Å². The van der Waals surface area contributed by atoms with Crippen molar-refractivity contribution >= 4 is 21.6 Å². The molecule has 3 N–H and O–H groups in total. The number of hydrogen-bond acceptors (Lipinski definition) is 5. The Morgan fingerprint density at radius 2 is 1.96 bits per heavy atom. The van der Waals surface area contributed by atoms with Gasteiger partial charge in [-0.2, -0.15) is 0 Å². The highest BCUT2D eigenvalue weighted by atomic mass is 32.2. The van der Waals surface area contributed by atoms with Gasteiger partial charge in [-0.25, -0.2) is 13.1 Å². The van der Waals surface area contributed by atoms with Gasteiger partial charge in [0.15, 0.2) is 0 Å². The third kappa shape index (κ3) is 6.76. The number of piperidine rings is 1. The molecule has 1 fully saturated rings. The van der Waals surface area contributed by atoms with Crippen molar-refractivity contribution in [1.82, 2.24) is 14.9 Å². The third-order valence-corrected chi connectivity index (χ3v) is 6.31. The molecule has 8 heteroatoms. The minimum absolute atomic E-state index is 0.0865. The molecule has 0 spiro atoms. The summed E-state index contributed by atoms with van der Waals surface area (Å²) >= 11 is 0. The van der Waals surface area contributed by atoms with E-state index in [0.29, 0.717) is 30.3 Å². The number of sulfonamides is 1. The third-order valence-electron chi connectivity index (χ3n) is 4.57. The number of nitrogens with zero attached hydrogens (tertiary/aromatic N) is 1. The van der Waals surface area contributed by atoms with Gasteiger partial charge >= 0.3 is 0 Å². The number of rotatable bonds is 7. The first kappa shape index (κ1) is 22.6. The minimum Gasteiger partial charge on any atom is -0.385 e. The molecule has 1 saturated heterocycles. The summed E-state index contributed by atoms with van der Waals surface area (Å²) in [6.07, 6.45) is 2.23. The maximum Gasteiger partial charge on any atom is 0.251 e. The average Bonchev–Trinajstić information content (AvgIpc) is 2.58. The fourth-order valence-corrected chi connectivity index (χ4v) is 4.92. The molecule has 0 bridgehead atoms. The van der Waals surface area contributed by atoms with Crippen LogP contribution < -0.4 is 15.4 Å². The van der Waals surface area contributed by atoms with Crippen molar-refractivity contribution in [3.8, 4) is 0 Å². The van der Waals surface area contributed by atoms with Crippen molar-refractivity contribution in [3.05, 3.63) is 23.8 Å². The Bertz CT molecular complexity index is 787. The summed E-state index contributed by atoms with van der Waals surface area (Å²) < 4.78 is 28.1. The highest BCUT2D eigenvalue weighted by Crippen LogP contribution is 2.21. The van der Waals surface area contributed by atoms with Gasteiger partial charge in [0.2, 0.25) is 10.0 Å². The van der Waals surface area contributed by atoms with Crippen LogP contribution in [-0.4, -0.2) is 58.0 Å². The van der Waals surface area contributed by atoms with Crippen LogP contribution in [0.5, 0.6) is 0 Å². The molecule has 1 aliphatic heterocycles. The van der Waals surface area contributed by atoms with Crippen LogP contribution in [0, 0.1) is 5.92 Å². The van der Waals surface area contributed by atoms with E-state index in [9.17, 15) is 13.2 Å². The normalized spacial score (nSPS) is 18.7. The first-order valence-corrected chi connectivity index (χ1v) is 11.4. The zero-order valence-corrected chi connectivity index (χ0v) is 18.4. The number of anilines is 1. The molecule has 1 heterocycles. The zero-order valence-electron chi connectivity index (χ0n) is 17.6. The smallest absolute Gasteiger partial charge is 0.251 e. The van der Waals surface area contributed by atoms with Crippen molar-refractivity contribution in [1.29, 1.82) is 0 Å². The molecule has 158 valence electrons. The summed E-state index contributed by atoms with van der Waals surface area (Å²) in [6.45, 7) is 10.6. The number of nitrogens with one attached hydrogen (secondary N) is 3. The molecular weight excluding hydrogens is 376 g/mol. The number of carbonyl (C=O) groups is 1. The molecule has 0 saturated carbocycles. The molecule has 2 rings (SSSR count). The molecule has 7 nitrogen and oxygen atoms in total.